The summed E-state index contributed by atoms with van der Waals surface area (Å²) in [6.07, 6.45) is 5.82. The molecule has 0 aliphatic rings. The second-order valence-electron chi connectivity index (χ2n) is 2.83. The van der Waals surface area contributed by atoms with Gasteiger partial charge in [-0.3, -0.25) is 0 Å². The quantitative estimate of drug-likeness (QED) is 0.344. The maximum Gasteiger partial charge on any atom is 0.288 e. The highest BCUT2D eigenvalue weighted by molar-refractivity contribution is 7.98. The molecule has 0 saturated heterocycles. The highest BCUT2D eigenvalue weighted by Gasteiger charge is 2.13. The number of allylic oxidation sites excluding steroid dienone is 1. The fourth-order valence-electron chi connectivity index (χ4n) is 1.36. The molecule has 0 fully saturated rings. The summed E-state index contributed by atoms with van der Waals surface area (Å²) in [5, 5.41) is 4.44. The lowest BCUT2D eigenvalue weighted by Crippen LogP contribution is -2.33. The standard InChI is InChI=1S/C10H11N2S2/c1-3-5-12-7-11-9(13-2)8-4-6-14-10(8)12/h3-4,6-7H,1,5H2,2H3/q+1. The molecule has 0 spiro atoms. The van der Waals surface area contributed by atoms with Gasteiger partial charge in [-0.25, -0.2) is 4.57 Å². The fraction of sp³-hybridized carbons (Fsp3) is 0.200. The number of fused-ring (bicyclic) bond motifs is 1. The number of aromatic nitrogens is 2. The average Bonchev–Trinajstić information content (AvgIpc) is 2.67. The zero-order valence-corrected chi connectivity index (χ0v) is 9.57. The maximum atomic E-state index is 4.40. The number of thiophene rings is 1. The maximum absolute atomic E-state index is 4.40. The SMILES string of the molecule is C=CC[n+]1cnc(SC)c2ccsc21. The van der Waals surface area contributed by atoms with Gasteiger partial charge >= 0.3 is 0 Å². The molecule has 0 amide bonds. The first-order valence-electron chi connectivity index (χ1n) is 4.27. The minimum absolute atomic E-state index is 0.818. The van der Waals surface area contributed by atoms with Gasteiger partial charge in [-0.2, -0.15) is 0 Å². The Morgan fingerprint density at radius 1 is 1.71 bits per heavy atom. The highest BCUT2D eigenvalue weighted by atomic mass is 32.2. The van der Waals surface area contributed by atoms with Crippen molar-refractivity contribution in [2.24, 2.45) is 0 Å². The molecule has 0 saturated carbocycles. The minimum atomic E-state index is 0.818. The van der Waals surface area contributed by atoms with Crippen LogP contribution in [-0.2, 0) is 6.54 Å². The molecule has 0 aromatic carbocycles. The van der Waals surface area contributed by atoms with E-state index >= 15 is 0 Å². The van der Waals surface area contributed by atoms with Crippen LogP contribution < -0.4 is 4.57 Å². The van der Waals surface area contributed by atoms with Gasteiger partial charge in [-0.15, -0.1) is 11.3 Å². The van der Waals surface area contributed by atoms with Crippen LogP contribution in [0.4, 0.5) is 0 Å². The van der Waals surface area contributed by atoms with E-state index in [-0.39, 0.29) is 0 Å². The van der Waals surface area contributed by atoms with E-state index in [0.717, 1.165) is 11.6 Å². The summed E-state index contributed by atoms with van der Waals surface area (Å²) < 4.78 is 2.12. The van der Waals surface area contributed by atoms with Crippen molar-refractivity contribution in [2.45, 2.75) is 11.6 Å². The summed E-state index contributed by atoms with van der Waals surface area (Å²) >= 11 is 3.43. The minimum Gasteiger partial charge on any atom is -0.217 e. The summed E-state index contributed by atoms with van der Waals surface area (Å²) in [4.78, 5) is 5.67. The predicted octanol–water partition coefficient (Wildman–Crippen LogP) is 2.49. The van der Waals surface area contributed by atoms with Crippen molar-refractivity contribution < 1.29 is 4.57 Å². The van der Waals surface area contributed by atoms with Gasteiger partial charge in [0.05, 0.1) is 5.39 Å². The number of thioether (sulfide) groups is 1. The van der Waals surface area contributed by atoms with Crippen LogP contribution in [0.15, 0.2) is 35.5 Å². The lowest BCUT2D eigenvalue weighted by molar-refractivity contribution is -0.662. The number of nitrogens with zero attached hydrogens (tertiary/aromatic N) is 2. The van der Waals surface area contributed by atoms with Crippen molar-refractivity contribution in [3.8, 4) is 0 Å². The van der Waals surface area contributed by atoms with E-state index in [2.05, 4.69) is 33.8 Å². The third-order valence-corrected chi connectivity index (χ3v) is 3.63. The summed E-state index contributed by atoms with van der Waals surface area (Å²) in [6, 6.07) is 2.12. The second kappa shape index (κ2) is 4.11. The zero-order valence-electron chi connectivity index (χ0n) is 7.93. The molecule has 2 aromatic rings. The monoisotopic (exact) mass is 223 g/mol. The molecule has 0 aliphatic heterocycles. The van der Waals surface area contributed by atoms with Crippen molar-refractivity contribution in [3.63, 3.8) is 0 Å². The Balaban J connectivity index is 2.65. The summed E-state index contributed by atoms with van der Waals surface area (Å²) in [7, 11) is 0. The molecular weight excluding hydrogens is 212 g/mol. The van der Waals surface area contributed by atoms with Crippen LogP contribution in [0.1, 0.15) is 0 Å². The Bertz CT molecular complexity index is 462. The van der Waals surface area contributed by atoms with Gasteiger partial charge in [-0.05, 0) is 22.7 Å². The Morgan fingerprint density at radius 3 is 3.29 bits per heavy atom. The Hall–Kier alpha value is -0.870. The molecule has 2 aromatic heterocycles. The summed E-state index contributed by atoms with van der Waals surface area (Å²) in [6.45, 7) is 4.56. The lowest BCUT2D eigenvalue weighted by Gasteiger charge is -1.97. The first kappa shape index (κ1) is 9.68. The van der Waals surface area contributed by atoms with Crippen LogP contribution in [0.25, 0.3) is 10.2 Å². The third-order valence-electron chi connectivity index (χ3n) is 1.97. The molecule has 14 heavy (non-hydrogen) atoms. The van der Waals surface area contributed by atoms with Crippen LogP contribution >= 0.6 is 23.1 Å². The van der Waals surface area contributed by atoms with E-state index in [1.54, 1.807) is 23.1 Å². The van der Waals surface area contributed by atoms with Crippen molar-refractivity contribution in [3.05, 3.63) is 30.4 Å². The Morgan fingerprint density at radius 2 is 2.57 bits per heavy atom. The van der Waals surface area contributed by atoms with E-state index in [1.807, 2.05) is 12.4 Å². The molecule has 0 unspecified atom stereocenters. The molecule has 0 radical (unpaired) electrons. The van der Waals surface area contributed by atoms with Gasteiger partial charge in [0.25, 0.3) is 6.33 Å². The molecule has 2 nitrogen and oxygen atoms in total. The fourth-order valence-corrected chi connectivity index (χ4v) is 2.85. The van der Waals surface area contributed by atoms with Crippen LogP contribution in [0, 0.1) is 0 Å². The van der Waals surface area contributed by atoms with Gasteiger partial charge in [0.1, 0.15) is 6.54 Å². The third kappa shape index (κ3) is 1.55. The van der Waals surface area contributed by atoms with E-state index in [4.69, 9.17) is 0 Å². The molecular formula is C10H11N2S2+. The molecule has 4 heteroatoms. The molecule has 2 heterocycles. The number of rotatable bonds is 3. The van der Waals surface area contributed by atoms with E-state index in [1.165, 1.54) is 10.2 Å². The van der Waals surface area contributed by atoms with Crippen LogP contribution in [0.2, 0.25) is 0 Å². The second-order valence-corrected chi connectivity index (χ2v) is 4.52. The zero-order chi connectivity index (χ0) is 9.97. The van der Waals surface area contributed by atoms with Crippen molar-refractivity contribution >= 4 is 33.3 Å². The first-order valence-corrected chi connectivity index (χ1v) is 6.37. The van der Waals surface area contributed by atoms with E-state index in [0.29, 0.717) is 0 Å². The molecule has 72 valence electrons. The highest BCUT2D eigenvalue weighted by Crippen LogP contribution is 2.24. The smallest absolute Gasteiger partial charge is 0.217 e. The van der Waals surface area contributed by atoms with Gasteiger partial charge in [0.15, 0.2) is 4.83 Å². The largest absolute Gasteiger partial charge is 0.288 e. The Labute approximate surface area is 91.3 Å². The van der Waals surface area contributed by atoms with E-state index < -0.39 is 0 Å². The molecule has 0 atom stereocenters. The van der Waals surface area contributed by atoms with Gasteiger partial charge < -0.3 is 0 Å². The normalized spacial score (nSPS) is 10.6. The average molecular weight is 223 g/mol. The van der Waals surface area contributed by atoms with Crippen molar-refractivity contribution in [1.29, 1.82) is 0 Å². The first-order chi connectivity index (χ1) is 6.86. The molecule has 0 aliphatic carbocycles. The molecule has 0 bridgehead atoms. The van der Waals surface area contributed by atoms with E-state index in [9.17, 15) is 0 Å². The van der Waals surface area contributed by atoms with Gasteiger partial charge in [0, 0.05) is 0 Å². The Kier molecular flexibility index (Phi) is 2.84. The van der Waals surface area contributed by atoms with Gasteiger partial charge in [0.2, 0.25) is 5.03 Å². The molecule has 2 rings (SSSR count). The molecule has 0 N–H and O–H groups in total. The number of hydrogen-bond acceptors (Lipinski definition) is 3. The lowest BCUT2D eigenvalue weighted by atomic mass is 10.4. The summed E-state index contributed by atoms with van der Waals surface area (Å²) in [5.74, 6) is 0. The van der Waals surface area contributed by atoms with Gasteiger partial charge in [-0.1, -0.05) is 24.4 Å². The van der Waals surface area contributed by atoms with Crippen LogP contribution in [-0.4, -0.2) is 11.2 Å². The van der Waals surface area contributed by atoms with Crippen LogP contribution in [0.3, 0.4) is 0 Å². The van der Waals surface area contributed by atoms with Crippen LogP contribution in [0.5, 0.6) is 0 Å². The summed E-state index contributed by atoms with van der Waals surface area (Å²) in [5.41, 5.74) is 0. The van der Waals surface area contributed by atoms with Crippen molar-refractivity contribution in [2.75, 3.05) is 6.26 Å². The predicted molar refractivity (Wildman–Crippen MR) is 61.8 cm³/mol. The topological polar surface area (TPSA) is 16.8 Å². The van der Waals surface area contributed by atoms with Crippen molar-refractivity contribution in [1.82, 2.24) is 4.98 Å². The number of hydrogen-bond donors (Lipinski definition) is 0.